The van der Waals surface area contributed by atoms with Crippen molar-refractivity contribution in [2.75, 3.05) is 23.3 Å². The summed E-state index contributed by atoms with van der Waals surface area (Å²) in [5.41, 5.74) is 0.929. The molecule has 1 saturated carbocycles. The molecule has 1 aromatic carbocycles. The Morgan fingerprint density at radius 3 is 2.67 bits per heavy atom. The summed E-state index contributed by atoms with van der Waals surface area (Å²) in [6, 6.07) is 2.70. The van der Waals surface area contributed by atoms with Crippen LogP contribution >= 0.6 is 11.3 Å². The van der Waals surface area contributed by atoms with Crippen LogP contribution in [0.15, 0.2) is 12.4 Å². The first-order chi connectivity index (χ1) is 21.4. The number of anilines is 2. The van der Waals surface area contributed by atoms with Gasteiger partial charge in [0.2, 0.25) is 5.95 Å². The molecular weight excluding hydrogens is 600 g/mol. The lowest BCUT2D eigenvalue weighted by Crippen LogP contribution is -2.41. The molecule has 1 spiro atoms. The second kappa shape index (κ2) is 10.5. The van der Waals surface area contributed by atoms with E-state index in [1.165, 1.54) is 0 Å². The number of halogens is 2. The minimum absolute atomic E-state index is 0.0334. The molecule has 3 aliphatic rings. The highest BCUT2D eigenvalue weighted by Crippen LogP contribution is 2.53. The molecule has 2 aliphatic heterocycles. The number of amides is 1. The summed E-state index contributed by atoms with van der Waals surface area (Å²) in [7, 11) is 0. The molecule has 1 atom stereocenters. The molecule has 1 amide bonds. The van der Waals surface area contributed by atoms with E-state index in [-0.39, 0.29) is 56.1 Å². The third-order valence-electron chi connectivity index (χ3n) is 8.68. The van der Waals surface area contributed by atoms with Crippen LogP contribution in [-0.4, -0.2) is 51.8 Å². The zero-order chi connectivity index (χ0) is 31.8. The van der Waals surface area contributed by atoms with E-state index in [4.69, 9.17) is 14.5 Å². The fourth-order valence-electron chi connectivity index (χ4n) is 6.57. The number of ether oxygens (including phenoxy) is 2. The van der Waals surface area contributed by atoms with Gasteiger partial charge in [0.05, 0.1) is 35.4 Å². The lowest BCUT2D eigenvalue weighted by atomic mass is 9.94. The van der Waals surface area contributed by atoms with Gasteiger partial charge in [-0.3, -0.25) is 10.3 Å². The number of rotatable bonds is 5. The predicted octanol–water partition coefficient (Wildman–Crippen LogP) is 6.40. The fraction of sp³-hybridized carbons (Fsp3) is 0.469. The van der Waals surface area contributed by atoms with Crippen molar-refractivity contribution >= 4 is 49.4 Å². The van der Waals surface area contributed by atoms with E-state index >= 15 is 8.78 Å². The van der Waals surface area contributed by atoms with Gasteiger partial charge in [-0.05, 0) is 44.7 Å². The van der Waals surface area contributed by atoms with Gasteiger partial charge in [0, 0.05) is 53.1 Å². The second-order valence-electron chi connectivity index (χ2n) is 13.4. The number of nitrogens with zero attached hydrogens (tertiary/aromatic N) is 5. The van der Waals surface area contributed by atoms with Crippen LogP contribution in [0.1, 0.15) is 64.2 Å². The van der Waals surface area contributed by atoms with Crippen molar-refractivity contribution < 1.29 is 23.0 Å². The molecule has 0 radical (unpaired) electrons. The molecule has 2 N–H and O–H groups in total. The van der Waals surface area contributed by atoms with Crippen LogP contribution in [0.2, 0.25) is 0 Å². The summed E-state index contributed by atoms with van der Waals surface area (Å²) in [5.74, 6) is -0.897. The maximum Gasteiger partial charge on any atom is 0.412 e. The zero-order valence-corrected chi connectivity index (χ0v) is 26.5. The minimum Gasteiger partial charge on any atom is -0.444 e. The third-order valence-corrected chi connectivity index (χ3v) is 9.79. The molecule has 5 heterocycles. The van der Waals surface area contributed by atoms with Gasteiger partial charge in [0.1, 0.15) is 22.2 Å². The normalized spacial score (nSPS) is 18.6. The quantitative estimate of drug-likeness (QED) is 0.257. The Kier molecular flexibility index (Phi) is 6.96. The van der Waals surface area contributed by atoms with Crippen LogP contribution in [-0.2, 0) is 22.7 Å². The van der Waals surface area contributed by atoms with E-state index < -0.39 is 23.3 Å². The highest BCUT2D eigenvalue weighted by atomic mass is 32.1. The fourth-order valence-corrected chi connectivity index (χ4v) is 7.61. The van der Waals surface area contributed by atoms with Crippen molar-refractivity contribution in [3.63, 3.8) is 0 Å². The van der Waals surface area contributed by atoms with E-state index in [9.17, 15) is 10.1 Å². The van der Waals surface area contributed by atoms with Crippen LogP contribution in [0.4, 0.5) is 24.5 Å². The average Bonchev–Trinajstić information content (AvgIpc) is 3.26. The first kappa shape index (κ1) is 29.7. The van der Waals surface area contributed by atoms with Crippen LogP contribution in [0, 0.1) is 28.4 Å². The van der Waals surface area contributed by atoms with Gasteiger partial charge in [-0.2, -0.15) is 5.26 Å². The van der Waals surface area contributed by atoms with Gasteiger partial charge in [0.25, 0.3) is 0 Å². The number of nitriles is 1. The smallest absolute Gasteiger partial charge is 0.412 e. The number of fused-ring (bicyclic) bond motifs is 4. The number of hydrogen-bond donors (Lipinski definition) is 2. The molecule has 234 valence electrons. The molecule has 13 heteroatoms. The summed E-state index contributed by atoms with van der Waals surface area (Å²) >= 11 is 0.869. The molecule has 10 nitrogen and oxygen atoms in total. The molecule has 2 fully saturated rings. The highest BCUT2D eigenvalue weighted by Gasteiger charge is 2.55. The summed E-state index contributed by atoms with van der Waals surface area (Å²) in [5, 5.41) is 17.2. The maximum absolute atomic E-state index is 16.9. The average molecular weight is 634 g/mol. The Labute approximate surface area is 262 Å². The molecule has 7 rings (SSSR count). The van der Waals surface area contributed by atoms with Crippen molar-refractivity contribution in [1.29, 1.82) is 5.26 Å². The highest BCUT2D eigenvalue weighted by molar-refractivity contribution is 7.23. The lowest BCUT2D eigenvalue weighted by Gasteiger charge is -2.21. The van der Waals surface area contributed by atoms with Crippen LogP contribution < -0.4 is 15.5 Å². The lowest BCUT2D eigenvalue weighted by molar-refractivity contribution is 0.0636. The third kappa shape index (κ3) is 5.05. The topological polar surface area (TPSA) is 125 Å². The number of carbonyl (C=O) groups is 1. The molecular formula is C32H33F2N7O3S. The Hall–Kier alpha value is -3.99. The van der Waals surface area contributed by atoms with Crippen molar-refractivity contribution in [3.8, 4) is 17.3 Å². The summed E-state index contributed by atoms with van der Waals surface area (Å²) in [4.78, 5) is 28.5. The van der Waals surface area contributed by atoms with Gasteiger partial charge >= 0.3 is 6.09 Å². The van der Waals surface area contributed by atoms with Crippen LogP contribution in [0.3, 0.4) is 0 Å². The van der Waals surface area contributed by atoms with E-state index in [0.717, 1.165) is 49.0 Å². The number of thiophene rings is 1. The Balaban J connectivity index is 1.36. The van der Waals surface area contributed by atoms with E-state index in [1.54, 1.807) is 27.0 Å². The molecule has 1 aliphatic carbocycles. The standard InChI is InChI=1S/C32H33F2N7O3S/c1-15(2)38-21-11-41(14-32(21)6-7-32)29-37-9-17-18-12-43-13-19(18)22(24(34)25(17)39-29)26-23-16(8-35)28(40-30(42)44-31(3,4)5)45-27(23)20(33)10-36-26/h9-10,15,21,38H,6-7,11-14H2,1-5H3,(H,40,42)/t21-/m0/s1. The molecule has 0 unspecified atom stereocenters. The van der Waals surface area contributed by atoms with Gasteiger partial charge in [-0.25, -0.2) is 23.5 Å². The molecule has 1 saturated heterocycles. The van der Waals surface area contributed by atoms with Gasteiger partial charge in [-0.15, -0.1) is 11.3 Å². The number of nitrogens with one attached hydrogen (secondary N) is 2. The summed E-state index contributed by atoms with van der Waals surface area (Å²) in [6.07, 6.45) is 4.12. The Morgan fingerprint density at radius 1 is 1.22 bits per heavy atom. The SMILES string of the molecule is CC(C)N[C@H]1CN(c2ncc3c4c(c(-c5ncc(F)c6sc(NC(=O)OC(C)(C)C)c(C#N)c56)c(F)c3n2)COC4)CC12CC2. The summed E-state index contributed by atoms with van der Waals surface area (Å²) < 4.78 is 43.3. The predicted molar refractivity (Wildman–Crippen MR) is 167 cm³/mol. The molecule has 4 aromatic rings. The monoisotopic (exact) mass is 633 g/mol. The Bertz CT molecular complexity index is 1930. The van der Waals surface area contributed by atoms with Gasteiger partial charge in [0.15, 0.2) is 11.6 Å². The molecule has 45 heavy (non-hydrogen) atoms. The number of carbonyl (C=O) groups excluding carboxylic acids is 1. The first-order valence-electron chi connectivity index (χ1n) is 15.0. The van der Waals surface area contributed by atoms with Gasteiger partial charge in [-0.1, -0.05) is 13.8 Å². The van der Waals surface area contributed by atoms with Crippen molar-refractivity contribution in [1.82, 2.24) is 20.3 Å². The van der Waals surface area contributed by atoms with Crippen molar-refractivity contribution in [2.45, 2.75) is 78.4 Å². The molecule has 3 aromatic heterocycles. The molecule has 0 bridgehead atoms. The Morgan fingerprint density at radius 2 is 1.98 bits per heavy atom. The van der Waals surface area contributed by atoms with E-state index in [0.29, 0.717) is 29.0 Å². The van der Waals surface area contributed by atoms with Crippen molar-refractivity contribution in [2.24, 2.45) is 5.41 Å². The maximum atomic E-state index is 16.9. The van der Waals surface area contributed by atoms with Crippen LogP contribution in [0.5, 0.6) is 0 Å². The van der Waals surface area contributed by atoms with E-state index in [2.05, 4.69) is 45.4 Å². The number of benzene rings is 1. The summed E-state index contributed by atoms with van der Waals surface area (Å²) in [6.45, 7) is 11.2. The van der Waals surface area contributed by atoms with Gasteiger partial charge < -0.3 is 19.7 Å². The van der Waals surface area contributed by atoms with E-state index in [1.807, 2.05) is 0 Å². The minimum atomic E-state index is -0.795. The largest absolute Gasteiger partial charge is 0.444 e. The number of aromatic nitrogens is 3. The zero-order valence-electron chi connectivity index (χ0n) is 25.7. The van der Waals surface area contributed by atoms with Crippen molar-refractivity contribution in [3.05, 3.63) is 40.7 Å². The van der Waals surface area contributed by atoms with Crippen LogP contribution in [0.25, 0.3) is 32.2 Å². The second-order valence-corrected chi connectivity index (χ2v) is 14.4. The number of hydrogen-bond acceptors (Lipinski definition) is 10. The first-order valence-corrected chi connectivity index (χ1v) is 15.8. The number of pyridine rings is 1.